The molecule has 0 bridgehead atoms. The van der Waals surface area contributed by atoms with Crippen molar-refractivity contribution in [3.8, 4) is 11.5 Å². The maximum atomic E-state index is 13.9. The van der Waals surface area contributed by atoms with Gasteiger partial charge in [0.25, 0.3) is 5.56 Å². The Morgan fingerprint density at radius 1 is 1.13 bits per heavy atom. The molecule has 1 aliphatic carbocycles. The van der Waals surface area contributed by atoms with E-state index in [1.807, 2.05) is 43.3 Å². The number of fused-ring (bicyclic) bond motifs is 3. The van der Waals surface area contributed by atoms with Crippen molar-refractivity contribution >= 4 is 28.8 Å². The zero-order valence-corrected chi connectivity index (χ0v) is 22.2. The van der Waals surface area contributed by atoms with Crippen molar-refractivity contribution in [2.24, 2.45) is 4.99 Å². The van der Waals surface area contributed by atoms with Crippen LogP contribution >= 0.6 is 11.3 Å². The first-order valence-electron chi connectivity index (χ1n) is 12.7. The Kier molecular flexibility index (Phi) is 6.36. The predicted molar refractivity (Wildman–Crippen MR) is 150 cm³/mol. The van der Waals surface area contributed by atoms with Crippen LogP contribution in [0.5, 0.6) is 11.5 Å². The minimum Gasteiger partial charge on any atom is -0.494 e. The van der Waals surface area contributed by atoms with Gasteiger partial charge in [0.15, 0.2) is 10.6 Å². The third-order valence-corrected chi connectivity index (χ3v) is 8.06. The SMILES string of the molecule is CCOc1ccc(C2C3=C(N=c4sc(=Cc5ccc(OC)c([N+](=O)[O-])c5)c(=O)n42)c2ccccc2CC3)cc1. The van der Waals surface area contributed by atoms with Gasteiger partial charge in [-0.25, -0.2) is 4.99 Å². The summed E-state index contributed by atoms with van der Waals surface area (Å²) in [5, 5.41) is 11.5. The molecule has 0 radical (unpaired) electrons. The molecule has 6 rings (SSSR count). The highest BCUT2D eigenvalue weighted by Gasteiger charge is 2.32. The lowest BCUT2D eigenvalue weighted by Crippen LogP contribution is -2.38. The van der Waals surface area contributed by atoms with Crippen LogP contribution < -0.4 is 24.4 Å². The average Bonchev–Trinajstić information content (AvgIpc) is 3.26. The van der Waals surface area contributed by atoms with Crippen LogP contribution in [-0.2, 0) is 6.42 Å². The van der Waals surface area contributed by atoms with Crippen molar-refractivity contribution in [2.75, 3.05) is 13.7 Å². The molecule has 0 spiro atoms. The van der Waals surface area contributed by atoms with Gasteiger partial charge in [0.05, 0.1) is 34.9 Å². The average molecular weight is 540 g/mol. The summed E-state index contributed by atoms with van der Waals surface area (Å²) in [6.45, 7) is 2.52. The van der Waals surface area contributed by atoms with E-state index in [0.717, 1.165) is 41.0 Å². The number of hydrogen-bond acceptors (Lipinski definition) is 7. The van der Waals surface area contributed by atoms with Gasteiger partial charge in [0.1, 0.15) is 5.75 Å². The molecule has 8 nitrogen and oxygen atoms in total. The monoisotopic (exact) mass is 539 g/mol. The highest BCUT2D eigenvalue weighted by molar-refractivity contribution is 7.07. The molecule has 1 aromatic heterocycles. The fraction of sp³-hybridized carbons (Fsp3) is 0.200. The Morgan fingerprint density at radius 3 is 2.67 bits per heavy atom. The highest BCUT2D eigenvalue weighted by atomic mass is 32.1. The number of allylic oxidation sites excluding steroid dienone is 1. The van der Waals surface area contributed by atoms with Crippen LogP contribution in [-0.4, -0.2) is 23.2 Å². The van der Waals surface area contributed by atoms with E-state index in [-0.39, 0.29) is 23.0 Å². The number of aromatic nitrogens is 1. The molecule has 0 amide bonds. The van der Waals surface area contributed by atoms with Gasteiger partial charge in [-0.2, -0.15) is 0 Å². The van der Waals surface area contributed by atoms with Crippen LogP contribution in [0.2, 0.25) is 0 Å². The van der Waals surface area contributed by atoms with Crippen molar-refractivity contribution in [2.45, 2.75) is 25.8 Å². The molecule has 0 fully saturated rings. The molecular weight excluding hydrogens is 514 g/mol. The first-order chi connectivity index (χ1) is 19.0. The zero-order valence-electron chi connectivity index (χ0n) is 21.4. The summed E-state index contributed by atoms with van der Waals surface area (Å²) in [7, 11) is 1.39. The number of benzene rings is 3. The van der Waals surface area contributed by atoms with Gasteiger partial charge in [-0.05, 0) is 66.3 Å². The van der Waals surface area contributed by atoms with E-state index in [0.29, 0.717) is 21.5 Å². The van der Waals surface area contributed by atoms with Gasteiger partial charge in [-0.1, -0.05) is 53.8 Å². The molecule has 39 heavy (non-hydrogen) atoms. The molecule has 0 saturated heterocycles. The second-order valence-corrected chi connectivity index (χ2v) is 10.3. The number of methoxy groups -OCH3 is 1. The summed E-state index contributed by atoms with van der Waals surface area (Å²) < 4.78 is 13.0. The molecule has 0 saturated carbocycles. The van der Waals surface area contributed by atoms with E-state index in [2.05, 4.69) is 12.1 Å². The van der Waals surface area contributed by atoms with Gasteiger partial charge < -0.3 is 9.47 Å². The lowest BCUT2D eigenvalue weighted by molar-refractivity contribution is -0.385. The summed E-state index contributed by atoms with van der Waals surface area (Å²) in [4.78, 5) is 30.6. The van der Waals surface area contributed by atoms with Crippen molar-refractivity contribution in [1.29, 1.82) is 0 Å². The fourth-order valence-corrected chi connectivity index (χ4v) is 6.33. The Bertz CT molecular complexity index is 1820. The minimum absolute atomic E-state index is 0.154. The number of rotatable bonds is 6. The quantitative estimate of drug-likeness (QED) is 0.263. The smallest absolute Gasteiger partial charge is 0.311 e. The third-order valence-electron chi connectivity index (χ3n) is 7.08. The maximum absolute atomic E-state index is 13.9. The Balaban J connectivity index is 1.56. The predicted octanol–water partition coefficient (Wildman–Crippen LogP) is 4.63. The second-order valence-electron chi connectivity index (χ2n) is 9.30. The van der Waals surface area contributed by atoms with E-state index < -0.39 is 4.92 Å². The first-order valence-corrected chi connectivity index (χ1v) is 13.5. The standard InChI is InChI=1S/C30H25N3O5S/c1-3-38-21-12-9-20(10-13-21)28-23-14-11-19-6-4-5-7-22(19)27(23)31-30-32(28)29(34)26(39-30)17-18-8-15-25(37-2)24(16-18)33(35)36/h4-10,12-13,15-17,28H,3,11,14H2,1-2H3. The summed E-state index contributed by atoms with van der Waals surface area (Å²) in [6.07, 6.45) is 3.35. The van der Waals surface area contributed by atoms with Gasteiger partial charge >= 0.3 is 5.69 Å². The lowest BCUT2D eigenvalue weighted by atomic mass is 9.83. The summed E-state index contributed by atoms with van der Waals surface area (Å²) >= 11 is 1.29. The van der Waals surface area contributed by atoms with Crippen LogP contribution in [0.3, 0.4) is 0 Å². The highest BCUT2D eigenvalue weighted by Crippen LogP contribution is 2.41. The fourth-order valence-electron chi connectivity index (χ4n) is 5.33. The molecule has 0 N–H and O–H groups in total. The molecule has 1 unspecified atom stereocenters. The normalized spacial score (nSPS) is 16.2. The largest absolute Gasteiger partial charge is 0.494 e. The lowest BCUT2D eigenvalue weighted by Gasteiger charge is -2.30. The van der Waals surface area contributed by atoms with Crippen molar-refractivity contribution in [3.63, 3.8) is 0 Å². The summed E-state index contributed by atoms with van der Waals surface area (Å²) in [5.41, 5.74) is 5.56. The second kappa shape index (κ2) is 9.99. The van der Waals surface area contributed by atoms with Crippen LogP contribution in [0.4, 0.5) is 5.69 Å². The molecule has 196 valence electrons. The van der Waals surface area contributed by atoms with Crippen LogP contribution in [0.15, 0.2) is 82.1 Å². The maximum Gasteiger partial charge on any atom is 0.311 e. The first kappa shape index (κ1) is 24.8. The van der Waals surface area contributed by atoms with Crippen molar-refractivity contribution in [3.05, 3.63) is 124 Å². The molecule has 2 heterocycles. The Hall–Kier alpha value is -4.50. The van der Waals surface area contributed by atoms with E-state index in [9.17, 15) is 14.9 Å². The number of nitro groups is 1. The summed E-state index contributed by atoms with van der Waals surface area (Å²) in [6, 6.07) is 20.5. The molecule has 1 atom stereocenters. The molecule has 9 heteroatoms. The molecule has 4 aromatic rings. The zero-order chi connectivity index (χ0) is 27.1. The van der Waals surface area contributed by atoms with Crippen LogP contribution in [0.25, 0.3) is 11.8 Å². The van der Waals surface area contributed by atoms with E-state index in [4.69, 9.17) is 14.5 Å². The van der Waals surface area contributed by atoms with Gasteiger partial charge in [-0.3, -0.25) is 19.5 Å². The van der Waals surface area contributed by atoms with Crippen molar-refractivity contribution < 1.29 is 14.4 Å². The van der Waals surface area contributed by atoms with Gasteiger partial charge in [0.2, 0.25) is 0 Å². The molecular formula is C30H25N3O5S. The molecule has 3 aromatic carbocycles. The van der Waals surface area contributed by atoms with Crippen LogP contribution in [0, 0.1) is 10.1 Å². The number of nitrogens with zero attached hydrogens (tertiary/aromatic N) is 3. The Morgan fingerprint density at radius 2 is 1.92 bits per heavy atom. The number of ether oxygens (including phenoxy) is 2. The van der Waals surface area contributed by atoms with E-state index in [1.165, 1.54) is 30.1 Å². The molecule has 1 aliphatic heterocycles. The number of nitro benzene ring substituents is 1. The van der Waals surface area contributed by atoms with Gasteiger partial charge in [0, 0.05) is 11.6 Å². The summed E-state index contributed by atoms with van der Waals surface area (Å²) in [5.74, 6) is 0.943. The minimum atomic E-state index is -0.491. The number of aryl methyl sites for hydroxylation is 1. The van der Waals surface area contributed by atoms with E-state index >= 15 is 0 Å². The topological polar surface area (TPSA) is 96.0 Å². The molecule has 2 aliphatic rings. The van der Waals surface area contributed by atoms with E-state index in [1.54, 1.807) is 22.8 Å². The number of thiazole rings is 1. The van der Waals surface area contributed by atoms with Crippen molar-refractivity contribution in [1.82, 2.24) is 4.57 Å². The van der Waals surface area contributed by atoms with Gasteiger partial charge in [-0.15, -0.1) is 0 Å². The Labute approximate surface area is 228 Å². The third kappa shape index (κ3) is 4.34. The van der Waals surface area contributed by atoms with Crippen LogP contribution in [0.1, 0.15) is 41.6 Å². The number of hydrogen-bond donors (Lipinski definition) is 0.